The fourth-order valence-electron chi connectivity index (χ4n) is 1.81. The van der Waals surface area contributed by atoms with Gasteiger partial charge in [-0.2, -0.15) is 5.10 Å². The Labute approximate surface area is 125 Å². The first-order chi connectivity index (χ1) is 9.72. The highest BCUT2D eigenvalue weighted by Crippen LogP contribution is 2.14. The molecule has 0 aliphatic heterocycles. The maximum Gasteiger partial charge on any atom is 0.242 e. The normalized spacial score (nSPS) is 12.3. The molecule has 4 N–H and O–H groups in total. The van der Waals surface area contributed by atoms with Crippen molar-refractivity contribution >= 4 is 17.5 Å². The standard InChI is InChI=1S/C14H25N5O2/c1-8(2)6-16-14(21)10(4)17-12(20)7-19-11(5)13(15)9(3)18-19/h8,10H,6-7,15H2,1-5H3,(H,16,21)(H,17,20). The van der Waals surface area contributed by atoms with Crippen molar-refractivity contribution in [2.45, 2.75) is 47.2 Å². The number of nitrogen functional groups attached to an aromatic ring is 1. The van der Waals surface area contributed by atoms with Gasteiger partial charge in [0.15, 0.2) is 0 Å². The molecular weight excluding hydrogens is 270 g/mol. The van der Waals surface area contributed by atoms with Crippen molar-refractivity contribution in [3.8, 4) is 0 Å². The minimum absolute atomic E-state index is 0.0473. The molecule has 0 aromatic carbocycles. The molecule has 0 aliphatic carbocycles. The first-order valence-corrected chi connectivity index (χ1v) is 7.09. The van der Waals surface area contributed by atoms with Gasteiger partial charge in [-0.15, -0.1) is 0 Å². The summed E-state index contributed by atoms with van der Waals surface area (Å²) in [6.45, 7) is 9.91. The minimum Gasteiger partial charge on any atom is -0.396 e. The van der Waals surface area contributed by atoms with Crippen LogP contribution >= 0.6 is 0 Å². The lowest BCUT2D eigenvalue weighted by Gasteiger charge is -2.15. The van der Waals surface area contributed by atoms with Crippen LogP contribution in [0.15, 0.2) is 0 Å². The number of nitrogens with zero attached hydrogens (tertiary/aromatic N) is 2. The van der Waals surface area contributed by atoms with E-state index in [1.807, 2.05) is 13.8 Å². The van der Waals surface area contributed by atoms with Crippen molar-refractivity contribution in [1.82, 2.24) is 20.4 Å². The number of carbonyl (C=O) groups is 2. The van der Waals surface area contributed by atoms with Gasteiger partial charge in [-0.3, -0.25) is 14.3 Å². The SMILES string of the molecule is Cc1nn(CC(=O)NC(C)C(=O)NCC(C)C)c(C)c1N. The van der Waals surface area contributed by atoms with Gasteiger partial charge >= 0.3 is 0 Å². The molecule has 1 rings (SSSR count). The van der Waals surface area contributed by atoms with Crippen LogP contribution in [0, 0.1) is 19.8 Å². The van der Waals surface area contributed by atoms with E-state index in [0.29, 0.717) is 23.8 Å². The maximum atomic E-state index is 11.9. The van der Waals surface area contributed by atoms with Crippen molar-refractivity contribution in [3.05, 3.63) is 11.4 Å². The van der Waals surface area contributed by atoms with Crippen molar-refractivity contribution in [1.29, 1.82) is 0 Å². The molecule has 118 valence electrons. The van der Waals surface area contributed by atoms with E-state index in [0.717, 1.165) is 5.69 Å². The average Bonchev–Trinajstić information content (AvgIpc) is 2.63. The summed E-state index contributed by atoms with van der Waals surface area (Å²) in [5.74, 6) is -0.0905. The topological polar surface area (TPSA) is 102 Å². The number of nitrogens with one attached hydrogen (secondary N) is 2. The van der Waals surface area contributed by atoms with E-state index >= 15 is 0 Å². The lowest BCUT2D eigenvalue weighted by atomic mass is 10.2. The molecule has 0 bridgehead atoms. The predicted molar refractivity (Wildman–Crippen MR) is 81.6 cm³/mol. The van der Waals surface area contributed by atoms with Crippen LogP contribution in [0.3, 0.4) is 0 Å². The minimum atomic E-state index is -0.578. The molecule has 0 saturated carbocycles. The van der Waals surface area contributed by atoms with Gasteiger partial charge in [0.1, 0.15) is 12.6 Å². The first-order valence-electron chi connectivity index (χ1n) is 7.09. The van der Waals surface area contributed by atoms with Crippen LogP contribution in [0.5, 0.6) is 0 Å². The Morgan fingerprint density at radius 2 is 1.90 bits per heavy atom. The van der Waals surface area contributed by atoms with Crippen molar-refractivity contribution < 1.29 is 9.59 Å². The Balaban J connectivity index is 2.53. The van der Waals surface area contributed by atoms with Crippen LogP contribution in [0.25, 0.3) is 0 Å². The number of hydrogen-bond acceptors (Lipinski definition) is 4. The fraction of sp³-hybridized carbons (Fsp3) is 0.643. The van der Waals surface area contributed by atoms with E-state index in [9.17, 15) is 9.59 Å². The van der Waals surface area contributed by atoms with Gasteiger partial charge in [0.2, 0.25) is 11.8 Å². The van der Waals surface area contributed by atoms with Crippen LogP contribution in [0.1, 0.15) is 32.2 Å². The van der Waals surface area contributed by atoms with Gasteiger partial charge < -0.3 is 16.4 Å². The van der Waals surface area contributed by atoms with Gasteiger partial charge in [-0.25, -0.2) is 0 Å². The number of aryl methyl sites for hydroxylation is 1. The van der Waals surface area contributed by atoms with E-state index in [4.69, 9.17) is 5.73 Å². The highest BCUT2D eigenvalue weighted by molar-refractivity contribution is 5.87. The van der Waals surface area contributed by atoms with Crippen LogP contribution in [-0.2, 0) is 16.1 Å². The molecule has 0 fully saturated rings. The lowest BCUT2D eigenvalue weighted by Crippen LogP contribution is -2.46. The van der Waals surface area contributed by atoms with Gasteiger partial charge in [-0.05, 0) is 26.7 Å². The Hall–Kier alpha value is -2.05. The summed E-state index contributed by atoms with van der Waals surface area (Å²) in [7, 11) is 0. The van der Waals surface area contributed by atoms with E-state index in [1.165, 1.54) is 0 Å². The number of nitrogens with two attached hydrogens (primary N) is 1. The van der Waals surface area contributed by atoms with Gasteiger partial charge in [-0.1, -0.05) is 13.8 Å². The molecule has 7 heteroatoms. The molecule has 0 spiro atoms. The highest BCUT2D eigenvalue weighted by Gasteiger charge is 2.17. The van der Waals surface area contributed by atoms with Gasteiger partial charge in [0, 0.05) is 6.54 Å². The Kier molecular flexibility index (Phi) is 5.75. The number of carbonyl (C=O) groups excluding carboxylic acids is 2. The molecule has 1 unspecified atom stereocenters. The summed E-state index contributed by atoms with van der Waals surface area (Å²) < 4.78 is 1.54. The van der Waals surface area contributed by atoms with E-state index < -0.39 is 6.04 Å². The number of hydrogen-bond donors (Lipinski definition) is 3. The third-order valence-electron chi connectivity index (χ3n) is 3.19. The van der Waals surface area contributed by atoms with Crippen LogP contribution in [0.2, 0.25) is 0 Å². The monoisotopic (exact) mass is 295 g/mol. The number of rotatable bonds is 6. The molecule has 1 aromatic heterocycles. The fourth-order valence-corrected chi connectivity index (χ4v) is 1.81. The third kappa shape index (κ3) is 4.77. The predicted octanol–water partition coefficient (Wildman–Crippen LogP) is 0.359. The Morgan fingerprint density at radius 3 is 2.38 bits per heavy atom. The number of anilines is 1. The Morgan fingerprint density at radius 1 is 1.29 bits per heavy atom. The largest absolute Gasteiger partial charge is 0.396 e. The zero-order valence-electron chi connectivity index (χ0n) is 13.4. The highest BCUT2D eigenvalue weighted by atomic mass is 16.2. The van der Waals surface area contributed by atoms with E-state index in [1.54, 1.807) is 25.5 Å². The molecule has 7 nitrogen and oxygen atoms in total. The summed E-state index contributed by atoms with van der Waals surface area (Å²) in [5.41, 5.74) is 7.85. The molecule has 0 radical (unpaired) electrons. The van der Waals surface area contributed by atoms with E-state index in [2.05, 4.69) is 15.7 Å². The number of amides is 2. The molecule has 1 atom stereocenters. The third-order valence-corrected chi connectivity index (χ3v) is 3.19. The zero-order valence-corrected chi connectivity index (χ0v) is 13.4. The maximum absolute atomic E-state index is 11.9. The number of aromatic nitrogens is 2. The summed E-state index contributed by atoms with van der Waals surface area (Å²) in [5, 5.41) is 9.63. The summed E-state index contributed by atoms with van der Waals surface area (Å²) in [4.78, 5) is 23.7. The smallest absolute Gasteiger partial charge is 0.242 e. The molecule has 0 saturated heterocycles. The zero-order chi connectivity index (χ0) is 16.2. The molecular formula is C14H25N5O2. The van der Waals surface area contributed by atoms with Gasteiger partial charge in [0.05, 0.1) is 17.1 Å². The Bertz CT molecular complexity index is 522. The lowest BCUT2D eigenvalue weighted by molar-refractivity contribution is -0.129. The second-order valence-corrected chi connectivity index (χ2v) is 5.67. The molecule has 21 heavy (non-hydrogen) atoms. The summed E-state index contributed by atoms with van der Waals surface area (Å²) >= 11 is 0. The van der Waals surface area contributed by atoms with Crippen LogP contribution in [-0.4, -0.2) is 34.2 Å². The molecule has 0 aliphatic rings. The molecule has 1 aromatic rings. The summed E-state index contributed by atoms with van der Waals surface area (Å²) in [6, 6.07) is -0.578. The van der Waals surface area contributed by atoms with Crippen molar-refractivity contribution in [2.75, 3.05) is 12.3 Å². The first kappa shape index (κ1) is 17.0. The second-order valence-electron chi connectivity index (χ2n) is 5.67. The summed E-state index contributed by atoms with van der Waals surface area (Å²) in [6.07, 6.45) is 0. The van der Waals surface area contributed by atoms with Crippen LogP contribution < -0.4 is 16.4 Å². The molecule has 1 heterocycles. The quantitative estimate of drug-likeness (QED) is 0.705. The molecule has 2 amide bonds. The average molecular weight is 295 g/mol. The van der Waals surface area contributed by atoms with E-state index in [-0.39, 0.29) is 18.4 Å². The van der Waals surface area contributed by atoms with Crippen molar-refractivity contribution in [3.63, 3.8) is 0 Å². The van der Waals surface area contributed by atoms with Gasteiger partial charge in [0.25, 0.3) is 0 Å². The van der Waals surface area contributed by atoms with Crippen molar-refractivity contribution in [2.24, 2.45) is 5.92 Å². The second kappa shape index (κ2) is 7.10. The van der Waals surface area contributed by atoms with Crippen LogP contribution in [0.4, 0.5) is 5.69 Å².